The molecule has 0 fully saturated rings. The van der Waals surface area contributed by atoms with Crippen LogP contribution < -0.4 is 5.46 Å². The van der Waals surface area contributed by atoms with E-state index in [1.165, 1.54) is 0 Å². The van der Waals surface area contributed by atoms with Crippen molar-refractivity contribution in [2.24, 2.45) is 0 Å². The Morgan fingerprint density at radius 3 is 2.73 bits per heavy atom. The van der Waals surface area contributed by atoms with E-state index < -0.39 is 12.9 Å². The molecule has 2 rings (SSSR count). The van der Waals surface area contributed by atoms with Gasteiger partial charge < -0.3 is 15.0 Å². The van der Waals surface area contributed by atoms with Gasteiger partial charge in [0.1, 0.15) is 5.82 Å². The molecular formula is C9H8BFN2O2. The van der Waals surface area contributed by atoms with Crippen molar-refractivity contribution in [1.29, 1.82) is 0 Å². The summed E-state index contributed by atoms with van der Waals surface area (Å²) in [5.41, 5.74) is 0.861. The number of hydrogen-bond donors (Lipinski definition) is 3. The Labute approximate surface area is 85.6 Å². The molecule has 0 aliphatic carbocycles. The fraction of sp³-hybridized carbons (Fsp3) is 0. The molecule has 0 bridgehead atoms. The molecule has 0 aliphatic rings. The molecule has 0 aromatic carbocycles. The zero-order valence-electron chi connectivity index (χ0n) is 7.68. The highest BCUT2D eigenvalue weighted by molar-refractivity contribution is 6.58. The Morgan fingerprint density at radius 2 is 2.20 bits per heavy atom. The van der Waals surface area contributed by atoms with Crippen molar-refractivity contribution in [2.45, 2.75) is 0 Å². The van der Waals surface area contributed by atoms with E-state index in [2.05, 4.69) is 9.97 Å². The van der Waals surface area contributed by atoms with E-state index in [0.29, 0.717) is 11.4 Å². The van der Waals surface area contributed by atoms with Gasteiger partial charge in [-0.2, -0.15) is 0 Å². The maximum absolute atomic E-state index is 13.3. The third-order valence-corrected chi connectivity index (χ3v) is 2.03. The van der Waals surface area contributed by atoms with Crippen molar-refractivity contribution in [3.05, 3.63) is 36.4 Å². The van der Waals surface area contributed by atoms with Gasteiger partial charge in [-0.15, -0.1) is 0 Å². The van der Waals surface area contributed by atoms with E-state index in [9.17, 15) is 4.39 Å². The molecule has 15 heavy (non-hydrogen) atoms. The molecule has 0 aliphatic heterocycles. The minimum absolute atomic E-state index is 0.231. The molecule has 0 atom stereocenters. The first-order chi connectivity index (χ1) is 7.18. The number of halogens is 1. The Hall–Kier alpha value is -1.66. The van der Waals surface area contributed by atoms with Crippen LogP contribution >= 0.6 is 0 Å². The van der Waals surface area contributed by atoms with Crippen LogP contribution in [0.15, 0.2) is 30.6 Å². The lowest BCUT2D eigenvalue weighted by Gasteiger charge is -2.02. The van der Waals surface area contributed by atoms with Crippen LogP contribution in [0, 0.1) is 5.82 Å². The average Bonchev–Trinajstić information content (AvgIpc) is 2.69. The highest BCUT2D eigenvalue weighted by Crippen LogP contribution is 2.13. The number of aromatic amines is 1. The molecule has 0 spiro atoms. The zero-order valence-corrected chi connectivity index (χ0v) is 7.68. The Balaban J connectivity index is 2.42. The summed E-state index contributed by atoms with van der Waals surface area (Å²) in [4.78, 5) is 6.79. The first-order valence-electron chi connectivity index (χ1n) is 4.34. The third-order valence-electron chi connectivity index (χ3n) is 2.03. The molecule has 76 valence electrons. The number of aromatic nitrogens is 2. The lowest BCUT2D eigenvalue weighted by molar-refractivity contribution is 0.423. The standard InChI is InChI=1S/C9H8BFN2O2/c11-7-4-9(8-2-1-3-12-8)13-5-6(7)10(14)15/h1-5,12,14-15H. The summed E-state index contributed by atoms with van der Waals surface area (Å²) < 4.78 is 13.3. The van der Waals surface area contributed by atoms with E-state index in [-0.39, 0.29) is 5.46 Å². The molecule has 3 N–H and O–H groups in total. The van der Waals surface area contributed by atoms with Crippen LogP contribution in [0.4, 0.5) is 4.39 Å². The van der Waals surface area contributed by atoms with Crippen molar-refractivity contribution in [1.82, 2.24) is 9.97 Å². The van der Waals surface area contributed by atoms with Crippen LogP contribution in [0.3, 0.4) is 0 Å². The quantitative estimate of drug-likeness (QED) is 0.600. The fourth-order valence-corrected chi connectivity index (χ4v) is 1.27. The zero-order chi connectivity index (χ0) is 10.8. The number of rotatable bonds is 2. The Kier molecular flexibility index (Phi) is 2.53. The van der Waals surface area contributed by atoms with Gasteiger partial charge in [0.25, 0.3) is 0 Å². The van der Waals surface area contributed by atoms with E-state index in [1.807, 2.05) is 0 Å². The van der Waals surface area contributed by atoms with Crippen molar-refractivity contribution in [2.75, 3.05) is 0 Å². The Bertz CT molecular complexity index is 459. The van der Waals surface area contributed by atoms with E-state index in [4.69, 9.17) is 10.0 Å². The lowest BCUT2D eigenvalue weighted by atomic mass is 9.81. The molecule has 6 heteroatoms. The highest BCUT2D eigenvalue weighted by atomic mass is 19.1. The predicted octanol–water partition coefficient (Wildman–Crippen LogP) is -0.104. The second kappa shape index (κ2) is 3.84. The number of H-pyrrole nitrogens is 1. The summed E-state index contributed by atoms with van der Waals surface area (Å²) in [6.07, 6.45) is 2.81. The first-order valence-corrected chi connectivity index (χ1v) is 4.34. The number of pyridine rings is 1. The average molecular weight is 206 g/mol. The van der Waals surface area contributed by atoms with Gasteiger partial charge in [-0.25, -0.2) is 4.39 Å². The third kappa shape index (κ3) is 1.90. The van der Waals surface area contributed by atoms with E-state index in [0.717, 1.165) is 12.3 Å². The minimum Gasteiger partial charge on any atom is -0.423 e. The number of nitrogens with one attached hydrogen (secondary N) is 1. The maximum Gasteiger partial charge on any atom is 0.493 e. The van der Waals surface area contributed by atoms with E-state index in [1.54, 1.807) is 18.3 Å². The first kappa shape index (κ1) is 9.88. The molecule has 0 saturated carbocycles. The summed E-state index contributed by atoms with van der Waals surface area (Å²) >= 11 is 0. The monoisotopic (exact) mass is 206 g/mol. The summed E-state index contributed by atoms with van der Waals surface area (Å²) in [5, 5.41) is 17.6. The van der Waals surface area contributed by atoms with Gasteiger partial charge in [-0.05, 0) is 12.1 Å². The molecule has 2 aromatic rings. The molecule has 2 aromatic heterocycles. The summed E-state index contributed by atoms with van der Waals surface area (Å²) in [6.45, 7) is 0. The lowest BCUT2D eigenvalue weighted by Crippen LogP contribution is -2.33. The molecule has 0 unspecified atom stereocenters. The number of nitrogens with zero attached hydrogens (tertiary/aromatic N) is 1. The van der Waals surface area contributed by atoms with Crippen molar-refractivity contribution in [3.63, 3.8) is 0 Å². The van der Waals surface area contributed by atoms with Gasteiger partial charge in [0, 0.05) is 23.9 Å². The van der Waals surface area contributed by atoms with Gasteiger partial charge in [-0.1, -0.05) is 0 Å². The van der Waals surface area contributed by atoms with Gasteiger partial charge in [0.2, 0.25) is 0 Å². The molecule has 2 heterocycles. The van der Waals surface area contributed by atoms with Gasteiger partial charge in [0.15, 0.2) is 0 Å². The molecule has 0 radical (unpaired) electrons. The molecule has 0 saturated heterocycles. The van der Waals surface area contributed by atoms with Crippen molar-refractivity contribution < 1.29 is 14.4 Å². The van der Waals surface area contributed by atoms with Crippen LogP contribution in [-0.4, -0.2) is 27.1 Å². The van der Waals surface area contributed by atoms with E-state index >= 15 is 0 Å². The topological polar surface area (TPSA) is 69.1 Å². The maximum atomic E-state index is 13.3. The number of hydrogen-bond acceptors (Lipinski definition) is 3. The molecular weight excluding hydrogens is 198 g/mol. The predicted molar refractivity (Wildman–Crippen MR) is 53.8 cm³/mol. The second-order valence-corrected chi connectivity index (χ2v) is 3.05. The van der Waals surface area contributed by atoms with Crippen LogP contribution in [-0.2, 0) is 0 Å². The van der Waals surface area contributed by atoms with Gasteiger partial charge in [0.05, 0.1) is 11.4 Å². The van der Waals surface area contributed by atoms with Crippen LogP contribution in [0.1, 0.15) is 0 Å². The smallest absolute Gasteiger partial charge is 0.423 e. The molecule has 0 amide bonds. The second-order valence-electron chi connectivity index (χ2n) is 3.05. The van der Waals surface area contributed by atoms with Crippen molar-refractivity contribution >= 4 is 12.6 Å². The van der Waals surface area contributed by atoms with Crippen LogP contribution in [0.5, 0.6) is 0 Å². The summed E-state index contributed by atoms with van der Waals surface area (Å²) in [5.74, 6) is -0.690. The summed E-state index contributed by atoms with van der Waals surface area (Å²) in [7, 11) is -1.84. The van der Waals surface area contributed by atoms with Gasteiger partial charge in [-0.3, -0.25) is 4.98 Å². The summed E-state index contributed by atoms with van der Waals surface area (Å²) in [6, 6.07) is 4.67. The van der Waals surface area contributed by atoms with Crippen LogP contribution in [0.2, 0.25) is 0 Å². The normalized spacial score (nSPS) is 10.3. The van der Waals surface area contributed by atoms with Gasteiger partial charge >= 0.3 is 7.12 Å². The van der Waals surface area contributed by atoms with Crippen LogP contribution in [0.25, 0.3) is 11.4 Å². The highest BCUT2D eigenvalue weighted by Gasteiger charge is 2.17. The largest absolute Gasteiger partial charge is 0.493 e. The minimum atomic E-state index is -1.84. The molecule has 4 nitrogen and oxygen atoms in total. The SMILES string of the molecule is OB(O)c1cnc(-c2ccc[nH]2)cc1F. The Morgan fingerprint density at radius 1 is 1.40 bits per heavy atom. The van der Waals surface area contributed by atoms with Crippen molar-refractivity contribution in [3.8, 4) is 11.4 Å². The fourth-order valence-electron chi connectivity index (χ4n) is 1.27.